The highest BCUT2D eigenvalue weighted by atomic mass is 35.5. The molecule has 7 nitrogen and oxygen atoms in total. The number of hydrogen-bond acceptors (Lipinski definition) is 4. The third-order valence-electron chi connectivity index (χ3n) is 4.87. The summed E-state index contributed by atoms with van der Waals surface area (Å²) in [5, 5.41) is 10.5. The number of hydrogen-bond donors (Lipinski definition) is 2. The molecule has 0 spiro atoms. The predicted octanol–water partition coefficient (Wildman–Crippen LogP) is 4.34. The number of carbonyl (C=O) groups excluding carboxylic acids is 2. The van der Waals surface area contributed by atoms with E-state index in [1.807, 2.05) is 26.0 Å². The third kappa shape index (κ3) is 5.19. The smallest absolute Gasteiger partial charge is 0.267 e. The van der Waals surface area contributed by atoms with E-state index >= 15 is 0 Å². The second-order valence-electron chi connectivity index (χ2n) is 7.34. The lowest BCUT2D eigenvalue weighted by atomic mass is 10.1. The highest BCUT2D eigenvalue weighted by Gasteiger charge is 2.19. The summed E-state index contributed by atoms with van der Waals surface area (Å²) in [6.07, 6.45) is 0. The fourth-order valence-corrected chi connectivity index (χ4v) is 3.21. The number of benzene rings is 2. The Bertz CT molecular complexity index is 1220. The first-order chi connectivity index (χ1) is 14.7. The molecule has 0 unspecified atom stereocenters. The van der Waals surface area contributed by atoms with E-state index < -0.39 is 11.6 Å². The van der Waals surface area contributed by atoms with Gasteiger partial charge in [0.25, 0.3) is 5.56 Å². The average Bonchev–Trinajstić information content (AvgIpc) is 2.72. The second-order valence-corrected chi connectivity index (χ2v) is 7.77. The molecule has 0 fully saturated rings. The Morgan fingerprint density at radius 3 is 2.29 bits per heavy atom. The summed E-state index contributed by atoms with van der Waals surface area (Å²) >= 11 is 6.02. The highest BCUT2D eigenvalue weighted by molar-refractivity contribution is 6.31. The first-order valence-electron chi connectivity index (χ1n) is 9.71. The molecule has 0 saturated heterocycles. The van der Waals surface area contributed by atoms with Crippen LogP contribution in [0, 0.1) is 13.8 Å². The van der Waals surface area contributed by atoms with E-state index in [1.165, 1.54) is 13.0 Å². The minimum Gasteiger partial charge on any atom is -0.326 e. The molecule has 160 valence electrons. The van der Waals surface area contributed by atoms with Gasteiger partial charge >= 0.3 is 0 Å². The number of aryl methyl sites for hydroxylation is 2. The van der Waals surface area contributed by atoms with Crippen LogP contribution in [0.25, 0.3) is 11.3 Å². The Morgan fingerprint density at radius 2 is 1.61 bits per heavy atom. The van der Waals surface area contributed by atoms with Crippen LogP contribution in [0.4, 0.5) is 11.4 Å². The van der Waals surface area contributed by atoms with Crippen LogP contribution >= 0.6 is 11.6 Å². The van der Waals surface area contributed by atoms with Crippen LogP contribution in [-0.2, 0) is 9.59 Å². The SMILES string of the molecule is CC(=O)Nc1cc(-c2ccc(=O)n([C@@H](C)C(=O)Nc3cc(Cl)ccc3C)n2)ccc1C. The third-order valence-corrected chi connectivity index (χ3v) is 5.11. The van der Waals surface area contributed by atoms with Crippen LogP contribution in [-0.4, -0.2) is 21.6 Å². The van der Waals surface area contributed by atoms with Crippen molar-refractivity contribution in [1.82, 2.24) is 9.78 Å². The molecule has 2 amide bonds. The lowest BCUT2D eigenvalue weighted by Crippen LogP contribution is -2.33. The molecule has 0 aliphatic heterocycles. The maximum Gasteiger partial charge on any atom is 0.267 e. The quantitative estimate of drug-likeness (QED) is 0.619. The Morgan fingerprint density at radius 1 is 0.968 bits per heavy atom. The van der Waals surface area contributed by atoms with E-state index in [2.05, 4.69) is 15.7 Å². The van der Waals surface area contributed by atoms with E-state index in [1.54, 1.807) is 37.3 Å². The van der Waals surface area contributed by atoms with Gasteiger partial charge in [-0.25, -0.2) is 4.68 Å². The lowest BCUT2D eigenvalue weighted by Gasteiger charge is -2.16. The van der Waals surface area contributed by atoms with Crippen LogP contribution < -0.4 is 16.2 Å². The fourth-order valence-electron chi connectivity index (χ4n) is 3.04. The van der Waals surface area contributed by atoms with Gasteiger partial charge in [-0.1, -0.05) is 29.8 Å². The molecular weight excluding hydrogens is 416 g/mol. The number of halogens is 1. The van der Waals surface area contributed by atoms with Crippen molar-refractivity contribution in [3.05, 3.63) is 75.0 Å². The zero-order chi connectivity index (χ0) is 22.7. The standard InChI is InChI=1S/C23H23ClN4O3/c1-13-5-7-17(11-20(13)25-16(4)29)19-9-10-22(30)28(27-19)15(3)23(31)26-21-12-18(24)8-6-14(21)2/h5-12,15H,1-4H3,(H,25,29)(H,26,31)/t15-/m0/s1. The second kappa shape index (κ2) is 9.14. The summed E-state index contributed by atoms with van der Waals surface area (Å²) in [4.78, 5) is 36.7. The normalized spacial score (nSPS) is 11.6. The van der Waals surface area contributed by atoms with Crippen LogP contribution in [0.2, 0.25) is 5.02 Å². The van der Waals surface area contributed by atoms with Gasteiger partial charge < -0.3 is 10.6 Å². The number of carbonyl (C=O) groups is 2. The molecule has 0 aliphatic carbocycles. The highest BCUT2D eigenvalue weighted by Crippen LogP contribution is 2.24. The first-order valence-corrected chi connectivity index (χ1v) is 10.1. The summed E-state index contributed by atoms with van der Waals surface area (Å²) in [6, 6.07) is 12.8. The van der Waals surface area contributed by atoms with Gasteiger partial charge in [-0.2, -0.15) is 5.10 Å². The molecule has 0 radical (unpaired) electrons. The van der Waals surface area contributed by atoms with Gasteiger partial charge in [-0.3, -0.25) is 14.4 Å². The predicted molar refractivity (Wildman–Crippen MR) is 123 cm³/mol. The minimum absolute atomic E-state index is 0.181. The summed E-state index contributed by atoms with van der Waals surface area (Å²) in [5.41, 5.74) is 3.80. The fraction of sp³-hybridized carbons (Fsp3) is 0.217. The topological polar surface area (TPSA) is 93.1 Å². The maximum atomic E-state index is 12.8. The van der Waals surface area contributed by atoms with Gasteiger partial charge in [0.2, 0.25) is 11.8 Å². The molecule has 0 saturated carbocycles. The number of rotatable bonds is 5. The van der Waals surface area contributed by atoms with E-state index in [9.17, 15) is 14.4 Å². The van der Waals surface area contributed by atoms with Gasteiger partial charge in [0, 0.05) is 35.0 Å². The van der Waals surface area contributed by atoms with E-state index in [4.69, 9.17) is 11.6 Å². The van der Waals surface area contributed by atoms with Gasteiger partial charge in [0.15, 0.2) is 0 Å². The summed E-state index contributed by atoms with van der Waals surface area (Å²) in [5.74, 6) is -0.570. The molecule has 1 heterocycles. The van der Waals surface area contributed by atoms with Crippen molar-refractivity contribution in [2.75, 3.05) is 10.6 Å². The molecule has 3 aromatic rings. The molecule has 0 bridgehead atoms. The average molecular weight is 439 g/mol. The molecule has 2 aromatic carbocycles. The zero-order valence-electron chi connectivity index (χ0n) is 17.7. The number of nitrogens with one attached hydrogen (secondary N) is 2. The van der Waals surface area contributed by atoms with Gasteiger partial charge in [0.05, 0.1) is 5.69 Å². The van der Waals surface area contributed by atoms with Gasteiger partial charge in [0.1, 0.15) is 6.04 Å². The Balaban J connectivity index is 1.92. The molecular formula is C23H23ClN4O3. The van der Waals surface area contributed by atoms with Crippen molar-refractivity contribution in [3.8, 4) is 11.3 Å². The monoisotopic (exact) mass is 438 g/mol. The number of anilines is 2. The van der Waals surface area contributed by atoms with E-state index in [0.29, 0.717) is 27.7 Å². The largest absolute Gasteiger partial charge is 0.326 e. The van der Waals surface area contributed by atoms with Crippen LogP contribution in [0.3, 0.4) is 0 Å². The van der Waals surface area contributed by atoms with Gasteiger partial charge in [-0.05, 0) is 56.2 Å². The van der Waals surface area contributed by atoms with E-state index in [0.717, 1.165) is 15.8 Å². The Hall–Kier alpha value is -3.45. The van der Waals surface area contributed by atoms with Crippen molar-refractivity contribution in [1.29, 1.82) is 0 Å². The molecule has 2 N–H and O–H groups in total. The minimum atomic E-state index is -0.855. The first kappa shape index (κ1) is 22.2. The summed E-state index contributed by atoms with van der Waals surface area (Å²) in [7, 11) is 0. The van der Waals surface area contributed by atoms with Crippen molar-refractivity contribution in [2.24, 2.45) is 0 Å². The molecule has 31 heavy (non-hydrogen) atoms. The van der Waals surface area contributed by atoms with E-state index in [-0.39, 0.29) is 11.8 Å². The van der Waals surface area contributed by atoms with Crippen LogP contribution in [0.15, 0.2) is 53.3 Å². The molecule has 1 aromatic heterocycles. The Kier molecular flexibility index (Phi) is 6.56. The molecule has 1 atom stereocenters. The van der Waals surface area contributed by atoms with Crippen molar-refractivity contribution in [3.63, 3.8) is 0 Å². The van der Waals surface area contributed by atoms with Crippen molar-refractivity contribution >= 4 is 34.8 Å². The van der Waals surface area contributed by atoms with Crippen LogP contribution in [0.1, 0.15) is 31.0 Å². The van der Waals surface area contributed by atoms with Crippen molar-refractivity contribution in [2.45, 2.75) is 33.7 Å². The molecule has 3 rings (SSSR count). The summed E-state index contributed by atoms with van der Waals surface area (Å²) in [6.45, 7) is 6.77. The lowest BCUT2D eigenvalue weighted by molar-refractivity contribution is -0.119. The molecule has 0 aliphatic rings. The number of aromatic nitrogens is 2. The maximum absolute atomic E-state index is 12.8. The van der Waals surface area contributed by atoms with Crippen LogP contribution in [0.5, 0.6) is 0 Å². The number of nitrogens with zero attached hydrogens (tertiary/aromatic N) is 2. The number of amides is 2. The summed E-state index contributed by atoms with van der Waals surface area (Å²) < 4.78 is 1.14. The zero-order valence-corrected chi connectivity index (χ0v) is 18.4. The van der Waals surface area contributed by atoms with Crippen molar-refractivity contribution < 1.29 is 9.59 Å². The molecule has 8 heteroatoms. The Labute approximate surface area is 185 Å². The van der Waals surface area contributed by atoms with Gasteiger partial charge in [-0.15, -0.1) is 0 Å².